The summed E-state index contributed by atoms with van der Waals surface area (Å²) in [7, 11) is 0. The molecule has 0 aromatic heterocycles. The third-order valence-corrected chi connectivity index (χ3v) is 4.26. The van der Waals surface area contributed by atoms with Gasteiger partial charge in [-0.15, -0.1) is 0 Å². The van der Waals surface area contributed by atoms with Crippen molar-refractivity contribution < 1.29 is 4.39 Å². The highest BCUT2D eigenvalue weighted by Gasteiger charge is 2.19. The van der Waals surface area contributed by atoms with Gasteiger partial charge in [0.15, 0.2) is 0 Å². The number of rotatable bonds is 3. The largest absolute Gasteiger partial charge is 0.271 e. The second-order valence-corrected chi connectivity index (χ2v) is 5.48. The lowest BCUT2D eigenvalue weighted by Crippen LogP contribution is -2.29. The number of hydrazine groups is 1. The molecule has 0 saturated heterocycles. The minimum absolute atomic E-state index is 0.340. The second kappa shape index (κ2) is 6.01. The van der Waals surface area contributed by atoms with Crippen molar-refractivity contribution in [1.29, 1.82) is 0 Å². The summed E-state index contributed by atoms with van der Waals surface area (Å²) in [6, 6.07) is 9.68. The van der Waals surface area contributed by atoms with Crippen molar-refractivity contribution in [2.75, 3.05) is 0 Å². The predicted molar refractivity (Wildman–Crippen MR) is 79.5 cm³/mol. The molecule has 0 aliphatic carbocycles. The SMILES string of the molecule is Cc1c(Br)cccc1C(NN)c1cc(F)ccc1Cl. The molecule has 2 aromatic carbocycles. The monoisotopic (exact) mass is 342 g/mol. The molecule has 1 unspecified atom stereocenters. The van der Waals surface area contributed by atoms with E-state index >= 15 is 0 Å². The van der Waals surface area contributed by atoms with Crippen LogP contribution in [0.3, 0.4) is 0 Å². The number of benzene rings is 2. The molecule has 2 rings (SSSR count). The standard InChI is InChI=1S/C14H13BrClFN2/c1-8-10(3-2-4-12(8)15)14(19-18)11-7-9(17)5-6-13(11)16/h2-7,14,19H,18H2,1H3. The zero-order chi connectivity index (χ0) is 14.0. The summed E-state index contributed by atoms with van der Waals surface area (Å²) < 4.78 is 14.4. The van der Waals surface area contributed by atoms with E-state index in [0.717, 1.165) is 15.6 Å². The molecule has 0 bridgehead atoms. The molecule has 0 aliphatic heterocycles. The van der Waals surface area contributed by atoms with Crippen LogP contribution in [0.1, 0.15) is 22.7 Å². The Hall–Kier alpha value is -0.940. The van der Waals surface area contributed by atoms with Gasteiger partial charge in [0.1, 0.15) is 5.82 Å². The van der Waals surface area contributed by atoms with Crippen molar-refractivity contribution >= 4 is 27.5 Å². The molecule has 2 nitrogen and oxygen atoms in total. The Morgan fingerprint density at radius 3 is 2.68 bits per heavy atom. The Balaban J connectivity index is 2.56. The molecule has 0 fully saturated rings. The quantitative estimate of drug-likeness (QED) is 0.650. The van der Waals surface area contributed by atoms with Gasteiger partial charge in [-0.25, -0.2) is 9.82 Å². The van der Waals surface area contributed by atoms with Crippen LogP contribution in [0.2, 0.25) is 5.02 Å². The van der Waals surface area contributed by atoms with E-state index in [1.807, 2.05) is 25.1 Å². The molecular weight excluding hydrogens is 331 g/mol. The normalized spacial score (nSPS) is 12.5. The van der Waals surface area contributed by atoms with Crippen LogP contribution in [-0.4, -0.2) is 0 Å². The van der Waals surface area contributed by atoms with Gasteiger partial charge in [0.25, 0.3) is 0 Å². The molecule has 100 valence electrons. The zero-order valence-electron chi connectivity index (χ0n) is 10.3. The van der Waals surface area contributed by atoms with Gasteiger partial charge >= 0.3 is 0 Å². The number of nitrogens with two attached hydrogens (primary N) is 1. The first-order valence-corrected chi connectivity index (χ1v) is 6.87. The molecule has 0 spiro atoms. The lowest BCUT2D eigenvalue weighted by Gasteiger charge is -2.21. The van der Waals surface area contributed by atoms with Crippen molar-refractivity contribution in [3.63, 3.8) is 0 Å². The molecule has 3 N–H and O–H groups in total. The van der Waals surface area contributed by atoms with Gasteiger partial charge in [0, 0.05) is 9.50 Å². The first-order chi connectivity index (χ1) is 9.04. The van der Waals surface area contributed by atoms with Gasteiger partial charge in [-0.1, -0.05) is 39.7 Å². The van der Waals surface area contributed by atoms with Crippen LogP contribution in [-0.2, 0) is 0 Å². The van der Waals surface area contributed by atoms with Crippen LogP contribution >= 0.6 is 27.5 Å². The number of halogens is 3. The maximum Gasteiger partial charge on any atom is 0.123 e. The summed E-state index contributed by atoms with van der Waals surface area (Å²) in [5.41, 5.74) is 5.30. The topological polar surface area (TPSA) is 38.0 Å². The van der Waals surface area contributed by atoms with Crippen LogP contribution < -0.4 is 11.3 Å². The number of hydrogen-bond acceptors (Lipinski definition) is 2. The van der Waals surface area contributed by atoms with E-state index in [2.05, 4.69) is 21.4 Å². The smallest absolute Gasteiger partial charge is 0.123 e. The van der Waals surface area contributed by atoms with Crippen LogP contribution in [0.25, 0.3) is 0 Å². The van der Waals surface area contributed by atoms with E-state index in [1.54, 1.807) is 0 Å². The molecule has 5 heteroatoms. The summed E-state index contributed by atoms with van der Waals surface area (Å²) in [4.78, 5) is 0. The molecule has 0 aliphatic rings. The van der Waals surface area contributed by atoms with E-state index in [4.69, 9.17) is 17.4 Å². The van der Waals surface area contributed by atoms with Gasteiger partial charge in [0.2, 0.25) is 0 Å². The maximum absolute atomic E-state index is 13.4. The van der Waals surface area contributed by atoms with Crippen molar-refractivity contribution in [1.82, 2.24) is 5.43 Å². The highest BCUT2D eigenvalue weighted by atomic mass is 79.9. The molecule has 0 radical (unpaired) electrons. The first-order valence-electron chi connectivity index (χ1n) is 5.70. The predicted octanol–water partition coefficient (Wildman–Crippen LogP) is 4.10. The lowest BCUT2D eigenvalue weighted by molar-refractivity contribution is 0.604. The Bertz CT molecular complexity index is 602. The number of nitrogens with one attached hydrogen (secondary N) is 1. The van der Waals surface area contributed by atoms with Gasteiger partial charge in [-0.05, 0) is 47.9 Å². The summed E-state index contributed by atoms with van der Waals surface area (Å²) in [5.74, 6) is 5.29. The van der Waals surface area contributed by atoms with Crippen LogP contribution in [0.4, 0.5) is 4.39 Å². The first kappa shape index (κ1) is 14.5. The Morgan fingerprint density at radius 1 is 1.26 bits per heavy atom. The molecule has 0 heterocycles. The average Bonchev–Trinajstić information content (AvgIpc) is 2.39. The van der Waals surface area contributed by atoms with E-state index in [0.29, 0.717) is 10.6 Å². The third kappa shape index (κ3) is 2.98. The molecule has 2 aromatic rings. The molecule has 1 atom stereocenters. The minimum Gasteiger partial charge on any atom is -0.271 e. The van der Waals surface area contributed by atoms with E-state index in [-0.39, 0.29) is 11.9 Å². The Morgan fingerprint density at radius 2 is 2.00 bits per heavy atom. The summed E-state index contributed by atoms with van der Waals surface area (Å²) in [5, 5.41) is 0.476. The van der Waals surface area contributed by atoms with E-state index < -0.39 is 0 Å². The van der Waals surface area contributed by atoms with Crippen molar-refractivity contribution in [2.45, 2.75) is 13.0 Å². The molecule has 0 amide bonds. The van der Waals surface area contributed by atoms with Crippen molar-refractivity contribution in [3.8, 4) is 0 Å². The molecule has 19 heavy (non-hydrogen) atoms. The van der Waals surface area contributed by atoms with Gasteiger partial charge in [-0.3, -0.25) is 5.84 Å². The highest BCUT2D eigenvalue weighted by molar-refractivity contribution is 9.10. The lowest BCUT2D eigenvalue weighted by atomic mass is 9.95. The fourth-order valence-corrected chi connectivity index (χ4v) is 2.63. The Labute approximate surface area is 124 Å². The minimum atomic E-state index is -0.360. The van der Waals surface area contributed by atoms with Crippen LogP contribution in [0, 0.1) is 12.7 Å². The molecular formula is C14H13BrClFN2. The van der Waals surface area contributed by atoms with Crippen LogP contribution in [0.15, 0.2) is 40.9 Å². The fraction of sp³-hybridized carbons (Fsp3) is 0.143. The van der Waals surface area contributed by atoms with Gasteiger partial charge < -0.3 is 0 Å². The maximum atomic E-state index is 13.4. The van der Waals surface area contributed by atoms with E-state index in [1.165, 1.54) is 18.2 Å². The van der Waals surface area contributed by atoms with Gasteiger partial charge in [0.05, 0.1) is 6.04 Å². The van der Waals surface area contributed by atoms with Crippen molar-refractivity contribution in [3.05, 3.63) is 68.4 Å². The third-order valence-electron chi connectivity index (χ3n) is 3.06. The number of hydrogen-bond donors (Lipinski definition) is 2. The average molecular weight is 344 g/mol. The van der Waals surface area contributed by atoms with Crippen LogP contribution in [0.5, 0.6) is 0 Å². The highest BCUT2D eigenvalue weighted by Crippen LogP contribution is 2.32. The van der Waals surface area contributed by atoms with Gasteiger partial charge in [-0.2, -0.15) is 0 Å². The molecule has 0 saturated carbocycles. The van der Waals surface area contributed by atoms with E-state index in [9.17, 15) is 4.39 Å². The Kier molecular flexibility index (Phi) is 4.58. The van der Waals surface area contributed by atoms with Crippen molar-refractivity contribution in [2.24, 2.45) is 5.84 Å². The fourth-order valence-electron chi connectivity index (χ4n) is 2.02. The zero-order valence-corrected chi connectivity index (χ0v) is 12.6. The summed E-state index contributed by atoms with van der Waals surface area (Å²) in [6.45, 7) is 1.97. The summed E-state index contributed by atoms with van der Waals surface area (Å²) >= 11 is 9.61. The second-order valence-electron chi connectivity index (χ2n) is 4.22. The summed E-state index contributed by atoms with van der Waals surface area (Å²) in [6.07, 6.45) is 0.